The minimum absolute atomic E-state index is 0.0363. The van der Waals surface area contributed by atoms with Gasteiger partial charge in [0.25, 0.3) is 0 Å². The van der Waals surface area contributed by atoms with E-state index in [2.05, 4.69) is 9.73 Å². The number of benzene rings is 1. The van der Waals surface area contributed by atoms with Crippen LogP contribution in [0.25, 0.3) is 0 Å². The molecule has 0 aliphatic rings. The first-order chi connectivity index (χ1) is 6.63. The van der Waals surface area contributed by atoms with E-state index in [-0.39, 0.29) is 5.75 Å². The molecule has 0 bridgehead atoms. The van der Waals surface area contributed by atoms with Crippen LogP contribution in [0.4, 0.5) is 14.5 Å². The van der Waals surface area contributed by atoms with Crippen LogP contribution in [0.5, 0.6) is 5.75 Å². The summed E-state index contributed by atoms with van der Waals surface area (Å²) in [5.74, 6) is 0.0363. The standard InChI is InChI=1S/C8H4F2INO2/c9-8(10)14-5-1-2-7(12-4-13)6(11)3-5/h1-3,8H. The second-order valence-electron chi connectivity index (χ2n) is 2.19. The van der Waals surface area contributed by atoms with E-state index in [4.69, 9.17) is 0 Å². The Hall–Kier alpha value is -1.01. The van der Waals surface area contributed by atoms with Gasteiger partial charge in [-0.3, -0.25) is 0 Å². The Balaban J connectivity index is 2.94. The molecule has 74 valence electrons. The second-order valence-corrected chi connectivity index (χ2v) is 3.36. The van der Waals surface area contributed by atoms with Gasteiger partial charge in [-0.2, -0.15) is 13.8 Å². The van der Waals surface area contributed by atoms with Crippen molar-refractivity contribution in [3.8, 4) is 5.75 Å². The lowest BCUT2D eigenvalue weighted by atomic mass is 10.3. The monoisotopic (exact) mass is 311 g/mol. The summed E-state index contributed by atoms with van der Waals surface area (Å²) in [5.41, 5.74) is 0.377. The van der Waals surface area contributed by atoms with Gasteiger partial charge in [-0.05, 0) is 40.8 Å². The van der Waals surface area contributed by atoms with Gasteiger partial charge in [0.2, 0.25) is 6.08 Å². The molecule has 0 fully saturated rings. The first-order valence-corrected chi connectivity index (χ1v) is 4.53. The summed E-state index contributed by atoms with van der Waals surface area (Å²) in [6.45, 7) is -2.86. The largest absolute Gasteiger partial charge is 0.435 e. The topological polar surface area (TPSA) is 38.7 Å². The minimum atomic E-state index is -2.86. The third-order valence-electron chi connectivity index (χ3n) is 1.31. The molecule has 0 N–H and O–H groups in total. The predicted molar refractivity (Wildman–Crippen MR) is 53.6 cm³/mol. The van der Waals surface area contributed by atoms with Crippen molar-refractivity contribution in [2.45, 2.75) is 6.61 Å². The van der Waals surface area contributed by atoms with Gasteiger partial charge in [0.1, 0.15) is 5.75 Å². The van der Waals surface area contributed by atoms with E-state index in [0.717, 1.165) is 0 Å². The smallest absolute Gasteiger partial charge is 0.387 e. The fourth-order valence-electron chi connectivity index (χ4n) is 0.804. The molecule has 0 atom stereocenters. The Morgan fingerprint density at radius 3 is 2.71 bits per heavy atom. The van der Waals surface area contributed by atoms with Crippen molar-refractivity contribution in [1.82, 2.24) is 0 Å². The molecule has 6 heteroatoms. The van der Waals surface area contributed by atoms with Gasteiger partial charge in [-0.1, -0.05) is 0 Å². The maximum Gasteiger partial charge on any atom is 0.387 e. The highest BCUT2D eigenvalue weighted by Gasteiger charge is 2.06. The molecule has 0 radical (unpaired) electrons. The van der Waals surface area contributed by atoms with Gasteiger partial charge in [0.15, 0.2) is 0 Å². The van der Waals surface area contributed by atoms with Crippen LogP contribution in [0.1, 0.15) is 0 Å². The molecule has 0 unspecified atom stereocenters. The number of rotatable bonds is 3. The van der Waals surface area contributed by atoms with Crippen molar-refractivity contribution in [2.75, 3.05) is 0 Å². The molecule has 1 aromatic rings. The summed E-state index contributed by atoms with van der Waals surface area (Å²) in [6, 6.07) is 4.08. The maximum atomic E-state index is 11.8. The summed E-state index contributed by atoms with van der Waals surface area (Å²) in [4.78, 5) is 13.3. The van der Waals surface area contributed by atoms with Crippen LogP contribution in [-0.4, -0.2) is 12.7 Å². The summed E-state index contributed by atoms with van der Waals surface area (Å²) >= 11 is 1.86. The van der Waals surface area contributed by atoms with E-state index >= 15 is 0 Å². The molecule has 0 aromatic heterocycles. The van der Waals surface area contributed by atoms with Crippen molar-refractivity contribution < 1.29 is 18.3 Å². The Morgan fingerprint density at radius 1 is 1.50 bits per heavy atom. The lowest BCUT2D eigenvalue weighted by molar-refractivity contribution is -0.0498. The molecule has 1 rings (SSSR count). The van der Waals surface area contributed by atoms with Crippen molar-refractivity contribution in [1.29, 1.82) is 0 Å². The lowest BCUT2D eigenvalue weighted by Gasteiger charge is -2.04. The van der Waals surface area contributed by atoms with E-state index in [0.29, 0.717) is 9.26 Å². The zero-order valence-corrected chi connectivity index (χ0v) is 8.86. The van der Waals surface area contributed by atoms with E-state index in [9.17, 15) is 13.6 Å². The average Bonchev–Trinajstić information content (AvgIpc) is 2.09. The highest BCUT2D eigenvalue weighted by molar-refractivity contribution is 14.1. The number of hydrogen-bond acceptors (Lipinski definition) is 3. The third kappa shape index (κ3) is 3.04. The summed E-state index contributed by atoms with van der Waals surface area (Å²) in [6.07, 6.45) is 1.37. The van der Waals surface area contributed by atoms with Crippen LogP contribution in [0.3, 0.4) is 0 Å². The van der Waals surface area contributed by atoms with Gasteiger partial charge < -0.3 is 4.74 Å². The lowest BCUT2D eigenvalue weighted by Crippen LogP contribution is -2.01. The quantitative estimate of drug-likeness (QED) is 0.489. The summed E-state index contributed by atoms with van der Waals surface area (Å²) in [7, 11) is 0. The number of halogens is 3. The van der Waals surface area contributed by atoms with E-state index < -0.39 is 6.61 Å². The molecule has 0 saturated heterocycles. The van der Waals surface area contributed by atoms with Gasteiger partial charge in [0.05, 0.1) is 5.69 Å². The highest BCUT2D eigenvalue weighted by atomic mass is 127. The Bertz CT molecular complexity index is 378. The van der Waals surface area contributed by atoms with Crippen LogP contribution in [0.15, 0.2) is 23.2 Å². The first-order valence-electron chi connectivity index (χ1n) is 3.45. The van der Waals surface area contributed by atoms with Crippen molar-refractivity contribution in [2.24, 2.45) is 4.99 Å². The molecule has 14 heavy (non-hydrogen) atoms. The van der Waals surface area contributed by atoms with Crippen LogP contribution in [-0.2, 0) is 4.79 Å². The maximum absolute atomic E-state index is 11.8. The molecule has 0 saturated carbocycles. The molecule has 0 spiro atoms. The molecular formula is C8H4F2INO2. The molecular weight excluding hydrogens is 307 g/mol. The summed E-state index contributed by atoms with van der Waals surface area (Å²) < 4.78 is 28.3. The van der Waals surface area contributed by atoms with Crippen LogP contribution >= 0.6 is 22.6 Å². The van der Waals surface area contributed by atoms with Gasteiger partial charge in [0, 0.05) is 3.57 Å². The molecule has 0 aliphatic heterocycles. The Morgan fingerprint density at radius 2 is 2.21 bits per heavy atom. The van der Waals surface area contributed by atoms with Crippen LogP contribution in [0, 0.1) is 3.57 Å². The number of hydrogen-bond donors (Lipinski definition) is 0. The third-order valence-corrected chi connectivity index (χ3v) is 2.17. The zero-order chi connectivity index (χ0) is 10.6. The average molecular weight is 311 g/mol. The van der Waals surface area contributed by atoms with Crippen molar-refractivity contribution in [3.63, 3.8) is 0 Å². The van der Waals surface area contributed by atoms with Gasteiger partial charge in [-0.25, -0.2) is 4.79 Å². The van der Waals surface area contributed by atoms with E-state index in [1.54, 1.807) is 0 Å². The molecule has 0 heterocycles. The van der Waals surface area contributed by atoms with E-state index in [1.807, 2.05) is 22.6 Å². The minimum Gasteiger partial charge on any atom is -0.435 e. The second kappa shape index (κ2) is 5.02. The summed E-state index contributed by atoms with van der Waals surface area (Å²) in [5, 5.41) is 0. The molecule has 1 aromatic carbocycles. The fourth-order valence-corrected chi connectivity index (χ4v) is 1.41. The molecule has 0 aliphatic carbocycles. The van der Waals surface area contributed by atoms with Gasteiger partial charge in [-0.15, -0.1) is 0 Å². The molecule has 0 amide bonds. The first kappa shape index (κ1) is 11.1. The molecule has 3 nitrogen and oxygen atoms in total. The SMILES string of the molecule is O=C=Nc1ccc(OC(F)F)cc1I. The Kier molecular flexibility index (Phi) is 3.97. The highest BCUT2D eigenvalue weighted by Crippen LogP contribution is 2.26. The number of isocyanates is 1. The fraction of sp³-hybridized carbons (Fsp3) is 0.125. The number of carbonyl (C=O) groups excluding carboxylic acids is 1. The zero-order valence-electron chi connectivity index (χ0n) is 6.71. The number of nitrogens with zero attached hydrogens (tertiary/aromatic N) is 1. The number of alkyl halides is 2. The van der Waals surface area contributed by atoms with Crippen molar-refractivity contribution >= 4 is 34.4 Å². The number of aliphatic imine (C=N–C) groups is 1. The van der Waals surface area contributed by atoms with Crippen molar-refractivity contribution in [3.05, 3.63) is 21.8 Å². The normalized spacial score (nSPS) is 9.71. The van der Waals surface area contributed by atoms with Crippen LogP contribution < -0.4 is 4.74 Å². The van der Waals surface area contributed by atoms with E-state index in [1.165, 1.54) is 24.3 Å². The van der Waals surface area contributed by atoms with Gasteiger partial charge >= 0.3 is 6.61 Å². The van der Waals surface area contributed by atoms with Crippen LogP contribution in [0.2, 0.25) is 0 Å². The predicted octanol–water partition coefficient (Wildman–Crippen LogP) is 2.86. The number of ether oxygens (including phenoxy) is 1. The Labute approximate surface area is 91.9 Å².